The quantitative estimate of drug-likeness (QED) is 0.779. The summed E-state index contributed by atoms with van der Waals surface area (Å²) in [5.41, 5.74) is 10.2. The number of rotatable bonds is 0. The van der Waals surface area contributed by atoms with Gasteiger partial charge in [-0.05, 0) is 24.1 Å². The fourth-order valence-corrected chi connectivity index (χ4v) is 3.24. The van der Waals surface area contributed by atoms with Crippen molar-refractivity contribution < 1.29 is 0 Å². The third-order valence-electron chi connectivity index (χ3n) is 3.33. The molecule has 0 saturated carbocycles. The van der Waals surface area contributed by atoms with E-state index in [1.54, 1.807) is 0 Å². The van der Waals surface area contributed by atoms with Crippen LogP contribution in [0.5, 0.6) is 0 Å². The summed E-state index contributed by atoms with van der Waals surface area (Å²) in [5, 5.41) is 1.35. The van der Waals surface area contributed by atoms with E-state index >= 15 is 0 Å². The van der Waals surface area contributed by atoms with E-state index in [1.165, 1.54) is 26.6 Å². The van der Waals surface area contributed by atoms with Gasteiger partial charge >= 0.3 is 0 Å². The van der Waals surface area contributed by atoms with E-state index in [1.807, 2.05) is 0 Å². The van der Waals surface area contributed by atoms with Crippen molar-refractivity contribution in [3.05, 3.63) is 33.9 Å². The highest BCUT2D eigenvalue weighted by molar-refractivity contribution is 9.10. The maximum absolute atomic E-state index is 6.01. The van der Waals surface area contributed by atoms with Crippen molar-refractivity contribution in [1.29, 1.82) is 0 Å². The van der Waals surface area contributed by atoms with Crippen LogP contribution >= 0.6 is 15.9 Å². The molecule has 1 aromatic heterocycles. The number of fused-ring (bicyclic) bond motifs is 3. The zero-order valence-electron chi connectivity index (χ0n) is 8.63. The molecule has 0 fully saturated rings. The molecule has 78 valence electrons. The lowest BCUT2D eigenvalue weighted by Crippen LogP contribution is -2.20. The van der Waals surface area contributed by atoms with E-state index in [4.69, 9.17) is 5.73 Å². The van der Waals surface area contributed by atoms with Gasteiger partial charge in [0.05, 0.1) is 0 Å². The van der Waals surface area contributed by atoms with Crippen LogP contribution in [0.2, 0.25) is 0 Å². The molecule has 0 radical (unpaired) electrons. The molecule has 3 rings (SSSR count). The molecule has 0 bridgehead atoms. The first-order chi connectivity index (χ1) is 7.18. The highest BCUT2D eigenvalue weighted by atomic mass is 79.9. The van der Waals surface area contributed by atoms with Crippen molar-refractivity contribution in [1.82, 2.24) is 4.57 Å². The molecule has 0 saturated heterocycles. The molecule has 1 aliphatic carbocycles. The molecular formula is C12H13BrN2. The van der Waals surface area contributed by atoms with Gasteiger partial charge in [-0.1, -0.05) is 22.0 Å². The van der Waals surface area contributed by atoms with Gasteiger partial charge in [0.15, 0.2) is 0 Å². The van der Waals surface area contributed by atoms with Crippen molar-refractivity contribution in [3.63, 3.8) is 0 Å². The van der Waals surface area contributed by atoms with Crippen LogP contribution in [0.4, 0.5) is 0 Å². The molecule has 1 heterocycles. The number of nitrogens with zero attached hydrogens (tertiary/aromatic N) is 1. The monoisotopic (exact) mass is 264 g/mol. The fourth-order valence-electron chi connectivity index (χ4n) is 2.65. The fraction of sp³-hybridized carbons (Fsp3) is 0.333. The zero-order chi connectivity index (χ0) is 10.6. The highest BCUT2D eigenvalue weighted by Crippen LogP contribution is 2.35. The minimum absolute atomic E-state index is 0.303. The summed E-state index contributed by atoms with van der Waals surface area (Å²) < 4.78 is 3.47. The van der Waals surface area contributed by atoms with Crippen LogP contribution < -0.4 is 5.73 Å². The van der Waals surface area contributed by atoms with Crippen molar-refractivity contribution in [2.75, 3.05) is 0 Å². The van der Waals surface area contributed by atoms with Crippen LogP contribution in [0, 0.1) is 0 Å². The van der Waals surface area contributed by atoms with Crippen molar-refractivity contribution in [2.24, 2.45) is 12.8 Å². The SMILES string of the molecule is Cn1c2c(c3c(Br)cccc31)CC(N)C2. The first-order valence-electron chi connectivity index (χ1n) is 5.18. The van der Waals surface area contributed by atoms with Gasteiger partial charge in [-0.25, -0.2) is 0 Å². The average Bonchev–Trinajstić information content (AvgIpc) is 2.67. The molecule has 1 aliphatic rings. The van der Waals surface area contributed by atoms with Gasteiger partial charge in [-0.15, -0.1) is 0 Å². The van der Waals surface area contributed by atoms with Crippen molar-refractivity contribution in [3.8, 4) is 0 Å². The van der Waals surface area contributed by atoms with Crippen molar-refractivity contribution in [2.45, 2.75) is 18.9 Å². The van der Waals surface area contributed by atoms with Gasteiger partial charge in [-0.3, -0.25) is 0 Å². The molecule has 0 amide bonds. The standard InChI is InChI=1S/C12H13BrN2/c1-15-10-4-2-3-9(13)12(10)8-5-7(14)6-11(8)15/h2-4,7H,5-6,14H2,1H3. The number of nitrogens with two attached hydrogens (primary N) is 1. The molecule has 1 unspecified atom stereocenters. The van der Waals surface area contributed by atoms with E-state index in [2.05, 4.69) is 45.7 Å². The molecule has 2 aromatic rings. The number of aromatic nitrogens is 1. The highest BCUT2D eigenvalue weighted by Gasteiger charge is 2.25. The van der Waals surface area contributed by atoms with E-state index in [-0.39, 0.29) is 0 Å². The summed E-state index contributed by atoms with van der Waals surface area (Å²) in [4.78, 5) is 0. The Morgan fingerprint density at radius 2 is 2.20 bits per heavy atom. The third kappa shape index (κ3) is 1.20. The molecular weight excluding hydrogens is 252 g/mol. The lowest BCUT2D eigenvalue weighted by atomic mass is 10.1. The molecule has 2 N–H and O–H groups in total. The van der Waals surface area contributed by atoms with E-state index in [0.717, 1.165) is 12.8 Å². The second-order valence-corrected chi connectivity index (χ2v) is 5.14. The Balaban J connectivity index is 2.42. The molecule has 0 spiro atoms. The largest absolute Gasteiger partial charge is 0.347 e. The summed E-state index contributed by atoms with van der Waals surface area (Å²) in [6.07, 6.45) is 2.02. The molecule has 0 aliphatic heterocycles. The number of hydrogen-bond acceptors (Lipinski definition) is 1. The summed E-state index contributed by atoms with van der Waals surface area (Å²) >= 11 is 3.63. The van der Waals surface area contributed by atoms with Crippen molar-refractivity contribution >= 4 is 26.8 Å². The summed E-state index contributed by atoms with van der Waals surface area (Å²) in [7, 11) is 2.13. The third-order valence-corrected chi connectivity index (χ3v) is 3.99. The normalized spacial score (nSPS) is 19.8. The number of halogens is 1. The van der Waals surface area contributed by atoms with Gasteiger partial charge < -0.3 is 10.3 Å². The Bertz CT molecular complexity index is 542. The van der Waals surface area contributed by atoms with Gasteiger partial charge in [0.25, 0.3) is 0 Å². The van der Waals surface area contributed by atoms with Crippen LogP contribution in [0.25, 0.3) is 10.9 Å². The number of benzene rings is 1. The predicted octanol–water partition coefficient (Wildman–Crippen LogP) is 2.37. The number of aryl methyl sites for hydroxylation is 1. The lowest BCUT2D eigenvalue weighted by Gasteiger charge is -2.04. The van der Waals surface area contributed by atoms with Gasteiger partial charge in [-0.2, -0.15) is 0 Å². The lowest BCUT2D eigenvalue weighted by molar-refractivity contribution is 0.700. The second kappa shape index (κ2) is 3.09. The Kier molecular flexibility index (Phi) is 1.94. The van der Waals surface area contributed by atoms with Gasteiger partial charge in [0.1, 0.15) is 0 Å². The Morgan fingerprint density at radius 1 is 1.40 bits per heavy atom. The first kappa shape index (κ1) is 9.43. The Labute approximate surface area is 97.2 Å². The summed E-state index contributed by atoms with van der Waals surface area (Å²) in [6, 6.07) is 6.66. The smallest absolute Gasteiger partial charge is 0.0494 e. The molecule has 3 heteroatoms. The second-order valence-electron chi connectivity index (χ2n) is 4.29. The van der Waals surface area contributed by atoms with E-state index < -0.39 is 0 Å². The van der Waals surface area contributed by atoms with Crippen LogP contribution in [-0.4, -0.2) is 10.6 Å². The Morgan fingerprint density at radius 3 is 3.00 bits per heavy atom. The van der Waals surface area contributed by atoms with Crippen LogP contribution in [0.3, 0.4) is 0 Å². The minimum Gasteiger partial charge on any atom is -0.347 e. The summed E-state index contributed by atoms with van der Waals surface area (Å²) in [6.45, 7) is 0. The first-order valence-corrected chi connectivity index (χ1v) is 5.98. The summed E-state index contributed by atoms with van der Waals surface area (Å²) in [5.74, 6) is 0. The van der Waals surface area contributed by atoms with Crippen LogP contribution in [0.1, 0.15) is 11.3 Å². The topological polar surface area (TPSA) is 30.9 Å². The van der Waals surface area contributed by atoms with Crippen LogP contribution in [0.15, 0.2) is 22.7 Å². The number of hydrogen-bond donors (Lipinski definition) is 1. The molecule has 1 atom stereocenters. The maximum atomic E-state index is 6.01. The minimum atomic E-state index is 0.303. The maximum Gasteiger partial charge on any atom is 0.0494 e. The van der Waals surface area contributed by atoms with Gasteiger partial charge in [0, 0.05) is 40.6 Å². The van der Waals surface area contributed by atoms with E-state index in [9.17, 15) is 0 Å². The molecule has 1 aromatic carbocycles. The Hall–Kier alpha value is -0.800. The predicted molar refractivity (Wildman–Crippen MR) is 66.0 cm³/mol. The molecule has 2 nitrogen and oxygen atoms in total. The average molecular weight is 265 g/mol. The van der Waals surface area contributed by atoms with E-state index in [0.29, 0.717) is 6.04 Å². The molecule has 15 heavy (non-hydrogen) atoms. The van der Waals surface area contributed by atoms with Gasteiger partial charge in [0.2, 0.25) is 0 Å². The zero-order valence-corrected chi connectivity index (χ0v) is 10.2. The van der Waals surface area contributed by atoms with Crippen LogP contribution in [-0.2, 0) is 19.9 Å².